The molecule has 0 aromatic heterocycles. The molecule has 1 aromatic rings. The van der Waals surface area contributed by atoms with Crippen LogP contribution in [0, 0.1) is 24.6 Å². The number of aryl methyl sites for hydroxylation is 1. The third-order valence-electron chi connectivity index (χ3n) is 3.98. The highest BCUT2D eigenvalue weighted by atomic mass is 19.4. The SMILES string of the molecule is Cc1cc(F)ccc1C(=O)C1CCCCC1C(F)(F)F. The Balaban J connectivity index is 2.30. The second kappa shape index (κ2) is 5.54. The number of benzene rings is 1. The Hall–Kier alpha value is -1.39. The fourth-order valence-corrected chi connectivity index (χ4v) is 2.94. The van der Waals surface area contributed by atoms with Gasteiger partial charge >= 0.3 is 6.18 Å². The van der Waals surface area contributed by atoms with Crippen molar-refractivity contribution in [2.45, 2.75) is 38.8 Å². The molecule has 0 radical (unpaired) electrons. The van der Waals surface area contributed by atoms with E-state index in [0.717, 1.165) is 6.07 Å². The normalized spacial score (nSPS) is 23.6. The zero-order chi connectivity index (χ0) is 14.9. The molecule has 0 saturated heterocycles. The van der Waals surface area contributed by atoms with Crippen molar-refractivity contribution < 1.29 is 22.4 Å². The summed E-state index contributed by atoms with van der Waals surface area (Å²) in [6.07, 6.45) is -2.98. The predicted octanol–water partition coefficient (Wildman–Crippen LogP) is 4.69. The second-order valence-corrected chi connectivity index (χ2v) is 5.36. The van der Waals surface area contributed by atoms with Crippen LogP contribution in [0.2, 0.25) is 0 Å². The molecule has 2 rings (SSSR count). The average molecular weight is 288 g/mol. The molecule has 0 N–H and O–H groups in total. The molecule has 1 aromatic carbocycles. The summed E-state index contributed by atoms with van der Waals surface area (Å²) in [5.74, 6) is -3.61. The van der Waals surface area contributed by atoms with Crippen LogP contribution in [0.25, 0.3) is 0 Å². The number of hydrogen-bond acceptors (Lipinski definition) is 1. The molecule has 1 aliphatic carbocycles. The summed E-state index contributed by atoms with van der Waals surface area (Å²) in [7, 11) is 0. The maximum atomic E-state index is 13.0. The van der Waals surface area contributed by atoms with Crippen molar-refractivity contribution >= 4 is 5.78 Å². The van der Waals surface area contributed by atoms with E-state index in [2.05, 4.69) is 0 Å². The maximum Gasteiger partial charge on any atom is 0.392 e. The average Bonchev–Trinajstić information content (AvgIpc) is 2.37. The number of carbonyl (C=O) groups excluding carboxylic acids is 1. The summed E-state index contributed by atoms with van der Waals surface area (Å²) in [5.41, 5.74) is 0.592. The zero-order valence-electron chi connectivity index (χ0n) is 11.1. The van der Waals surface area contributed by atoms with E-state index in [0.29, 0.717) is 18.4 Å². The summed E-state index contributed by atoms with van der Waals surface area (Å²) < 4.78 is 52.1. The third-order valence-corrected chi connectivity index (χ3v) is 3.98. The van der Waals surface area contributed by atoms with Crippen LogP contribution in [0.1, 0.15) is 41.6 Å². The topological polar surface area (TPSA) is 17.1 Å². The number of carbonyl (C=O) groups is 1. The van der Waals surface area contributed by atoms with Gasteiger partial charge in [-0.1, -0.05) is 12.8 Å². The lowest BCUT2D eigenvalue weighted by molar-refractivity contribution is -0.190. The number of hydrogen-bond donors (Lipinski definition) is 0. The van der Waals surface area contributed by atoms with Gasteiger partial charge < -0.3 is 0 Å². The molecule has 110 valence electrons. The van der Waals surface area contributed by atoms with E-state index in [1.165, 1.54) is 12.1 Å². The maximum absolute atomic E-state index is 13.0. The monoisotopic (exact) mass is 288 g/mol. The van der Waals surface area contributed by atoms with Gasteiger partial charge in [0.2, 0.25) is 0 Å². The van der Waals surface area contributed by atoms with E-state index in [9.17, 15) is 22.4 Å². The first-order chi connectivity index (χ1) is 9.30. The summed E-state index contributed by atoms with van der Waals surface area (Å²) in [6.45, 7) is 1.54. The van der Waals surface area contributed by atoms with Gasteiger partial charge in [-0.15, -0.1) is 0 Å². The molecule has 2 unspecified atom stereocenters. The van der Waals surface area contributed by atoms with Crippen molar-refractivity contribution in [1.82, 2.24) is 0 Å². The lowest BCUT2D eigenvalue weighted by Gasteiger charge is -2.32. The first-order valence-electron chi connectivity index (χ1n) is 6.68. The third kappa shape index (κ3) is 3.02. The van der Waals surface area contributed by atoms with Crippen molar-refractivity contribution in [3.8, 4) is 0 Å². The minimum absolute atomic E-state index is 0.000148. The molecule has 0 amide bonds. The van der Waals surface area contributed by atoms with Gasteiger partial charge in [-0.25, -0.2) is 4.39 Å². The number of alkyl halides is 3. The molecule has 5 heteroatoms. The number of halogens is 4. The van der Waals surface area contributed by atoms with E-state index in [4.69, 9.17) is 0 Å². The smallest absolute Gasteiger partial charge is 0.294 e. The summed E-state index contributed by atoms with van der Waals surface area (Å²) >= 11 is 0. The van der Waals surface area contributed by atoms with Gasteiger partial charge in [-0.3, -0.25) is 4.79 Å². The highest BCUT2D eigenvalue weighted by molar-refractivity contribution is 5.99. The summed E-state index contributed by atoms with van der Waals surface area (Å²) in [5, 5.41) is 0. The van der Waals surface area contributed by atoms with Gasteiger partial charge in [-0.05, 0) is 43.5 Å². The summed E-state index contributed by atoms with van der Waals surface area (Å²) in [4.78, 5) is 12.4. The van der Waals surface area contributed by atoms with Gasteiger partial charge in [0.1, 0.15) is 5.82 Å². The van der Waals surface area contributed by atoms with Crippen LogP contribution < -0.4 is 0 Å². The Morgan fingerprint density at radius 3 is 2.45 bits per heavy atom. The highest BCUT2D eigenvalue weighted by Crippen LogP contribution is 2.42. The zero-order valence-corrected chi connectivity index (χ0v) is 11.1. The number of ketones is 1. The van der Waals surface area contributed by atoms with Crippen molar-refractivity contribution in [1.29, 1.82) is 0 Å². The van der Waals surface area contributed by atoms with E-state index < -0.39 is 29.6 Å². The molecule has 1 aliphatic rings. The fourth-order valence-electron chi connectivity index (χ4n) is 2.94. The molecule has 20 heavy (non-hydrogen) atoms. The molecule has 1 fully saturated rings. The molecule has 0 bridgehead atoms. The van der Waals surface area contributed by atoms with Gasteiger partial charge in [0, 0.05) is 11.5 Å². The van der Waals surface area contributed by atoms with Crippen LogP contribution >= 0.6 is 0 Å². The minimum Gasteiger partial charge on any atom is -0.294 e. The van der Waals surface area contributed by atoms with E-state index >= 15 is 0 Å². The van der Waals surface area contributed by atoms with Gasteiger partial charge in [-0.2, -0.15) is 13.2 Å². The standard InChI is InChI=1S/C15H16F4O/c1-9-8-10(16)6-7-11(9)14(20)12-4-2-3-5-13(12)15(17,18)19/h6-8,12-13H,2-5H2,1H3. The molecule has 0 aliphatic heterocycles. The number of Topliss-reactive ketones (excluding diaryl/α,β-unsaturated/α-hetero) is 1. The van der Waals surface area contributed by atoms with Crippen molar-refractivity contribution in [2.75, 3.05) is 0 Å². The lowest BCUT2D eigenvalue weighted by Crippen LogP contribution is -2.37. The second-order valence-electron chi connectivity index (χ2n) is 5.36. The lowest BCUT2D eigenvalue weighted by atomic mass is 9.74. The molecule has 1 saturated carbocycles. The molecule has 0 spiro atoms. The predicted molar refractivity (Wildman–Crippen MR) is 67.0 cm³/mol. The van der Waals surface area contributed by atoms with Crippen molar-refractivity contribution in [2.24, 2.45) is 11.8 Å². The van der Waals surface area contributed by atoms with Gasteiger partial charge in [0.25, 0.3) is 0 Å². The minimum atomic E-state index is -4.35. The van der Waals surface area contributed by atoms with Gasteiger partial charge in [0.15, 0.2) is 5.78 Å². The quantitative estimate of drug-likeness (QED) is 0.570. The first kappa shape index (κ1) is 15.0. The van der Waals surface area contributed by atoms with E-state index in [1.54, 1.807) is 6.92 Å². The molecule has 0 heterocycles. The summed E-state index contributed by atoms with van der Waals surface area (Å²) in [6, 6.07) is 3.58. The van der Waals surface area contributed by atoms with E-state index in [1.807, 2.05) is 0 Å². The Morgan fingerprint density at radius 1 is 1.20 bits per heavy atom. The van der Waals surface area contributed by atoms with Gasteiger partial charge in [0.05, 0.1) is 5.92 Å². The van der Waals surface area contributed by atoms with Crippen LogP contribution in [0.4, 0.5) is 17.6 Å². The van der Waals surface area contributed by atoms with Crippen molar-refractivity contribution in [3.63, 3.8) is 0 Å². The Morgan fingerprint density at radius 2 is 1.85 bits per heavy atom. The Bertz CT molecular complexity index is 507. The molecular weight excluding hydrogens is 272 g/mol. The van der Waals surface area contributed by atoms with Crippen LogP contribution in [-0.4, -0.2) is 12.0 Å². The Kier molecular flexibility index (Phi) is 4.16. The molecular formula is C15H16F4O. The molecule has 1 nitrogen and oxygen atoms in total. The van der Waals surface area contributed by atoms with Crippen LogP contribution in [0.5, 0.6) is 0 Å². The van der Waals surface area contributed by atoms with Crippen LogP contribution in [0.15, 0.2) is 18.2 Å². The highest BCUT2D eigenvalue weighted by Gasteiger charge is 2.48. The largest absolute Gasteiger partial charge is 0.392 e. The Labute approximate surface area is 115 Å². The van der Waals surface area contributed by atoms with Crippen molar-refractivity contribution in [3.05, 3.63) is 35.1 Å². The van der Waals surface area contributed by atoms with E-state index in [-0.39, 0.29) is 18.4 Å². The first-order valence-corrected chi connectivity index (χ1v) is 6.68. The van der Waals surface area contributed by atoms with Crippen LogP contribution in [0.3, 0.4) is 0 Å². The van der Waals surface area contributed by atoms with Crippen LogP contribution in [-0.2, 0) is 0 Å². The molecule has 2 atom stereocenters. The fraction of sp³-hybridized carbons (Fsp3) is 0.533. The number of rotatable bonds is 2.